The lowest BCUT2D eigenvalue weighted by atomic mass is 9.76. The molecule has 4 unspecified atom stereocenters. The number of H-pyrrole nitrogens is 1. The number of rotatable bonds is 4. The van der Waals surface area contributed by atoms with Gasteiger partial charge in [0.2, 0.25) is 6.79 Å². The normalized spacial score (nSPS) is 31.0. The third-order valence-electron chi connectivity index (χ3n) is 13.3. The SMILES string of the molecule is COC[C@@H]1Cc2c([nH]c3ccccc23)[C@@]2(CS[C@@H]3c4c(OC(C)=O)c(C)c5c(c4C(COC2=O)N2[C@@H]3C3c4c(cc(C)c(OC)c4O)CC2(C)CN3C)OCO5)N1. The van der Waals surface area contributed by atoms with E-state index < -0.39 is 28.3 Å². The van der Waals surface area contributed by atoms with E-state index in [4.69, 9.17) is 28.4 Å². The van der Waals surface area contributed by atoms with Gasteiger partial charge in [-0.2, -0.15) is 0 Å². The number of nitrogens with zero attached hydrogens (tertiary/aromatic N) is 2. The van der Waals surface area contributed by atoms with E-state index >= 15 is 4.79 Å². The Morgan fingerprint density at radius 1 is 1.09 bits per heavy atom. The van der Waals surface area contributed by atoms with Gasteiger partial charge in [0, 0.05) is 77.1 Å². The first-order valence-corrected chi connectivity index (χ1v) is 20.6. The molecule has 4 bridgehead atoms. The number of hydrogen-bond donors (Lipinski definition) is 3. The molecule has 300 valence electrons. The fourth-order valence-electron chi connectivity index (χ4n) is 11.4. The predicted octanol–water partition coefficient (Wildman–Crippen LogP) is 5.27. The van der Waals surface area contributed by atoms with Gasteiger partial charge in [-0.25, -0.2) is 4.79 Å². The molecule has 8 atom stereocenters. The highest BCUT2D eigenvalue weighted by Crippen LogP contribution is 2.65. The Bertz CT molecular complexity index is 2380. The lowest BCUT2D eigenvalue weighted by Gasteiger charge is -2.61. The second kappa shape index (κ2) is 13.0. The number of aryl methyl sites for hydroxylation is 1. The fraction of sp³-hybridized carbons (Fsp3) is 0.488. The monoisotopic (exact) mass is 796 g/mol. The van der Waals surface area contributed by atoms with Crippen LogP contribution in [0.5, 0.6) is 28.7 Å². The smallest absolute Gasteiger partial charge is 0.333 e. The minimum Gasteiger partial charge on any atom is -0.504 e. The van der Waals surface area contributed by atoms with Crippen molar-refractivity contribution in [2.24, 2.45) is 0 Å². The standard InChI is InChI=1S/C43H48N4O9S/c1-20-12-23-14-42(4)17-46(5)32(29(23)34(49)35(20)52-7)33-39-31-30(38-37(54-19-55-38)21(2)36(31)56-22(3)48)28(47(33)42)16-53-41(50)43(18-57-39)40-26(13-24(45-43)15-51-6)25-10-8-9-11-27(25)44-40/h8-12,24,28,32-33,39,44-45,49H,13-19H2,1-7H3/t24-,28?,32?,33+,39+,42?,43+/m0/s1. The van der Waals surface area contributed by atoms with Crippen LogP contribution in [0, 0.1) is 13.8 Å². The summed E-state index contributed by atoms with van der Waals surface area (Å²) >= 11 is 1.63. The molecule has 1 aromatic heterocycles. The number of carbonyl (C=O) groups excluding carboxylic acids is 2. The van der Waals surface area contributed by atoms with Crippen molar-refractivity contribution >= 4 is 34.6 Å². The summed E-state index contributed by atoms with van der Waals surface area (Å²) in [5.41, 5.74) is 6.05. The highest BCUT2D eigenvalue weighted by Gasteiger charge is 2.63. The Morgan fingerprint density at radius 3 is 2.65 bits per heavy atom. The van der Waals surface area contributed by atoms with Crippen molar-refractivity contribution < 1.29 is 43.1 Å². The molecule has 1 spiro atoms. The zero-order valence-corrected chi connectivity index (χ0v) is 34.1. The number of esters is 2. The number of hydrogen-bond acceptors (Lipinski definition) is 13. The van der Waals surface area contributed by atoms with E-state index in [2.05, 4.69) is 46.2 Å². The first-order chi connectivity index (χ1) is 27.4. The van der Waals surface area contributed by atoms with Crippen molar-refractivity contribution in [1.29, 1.82) is 0 Å². The molecule has 2 saturated heterocycles. The first-order valence-electron chi connectivity index (χ1n) is 19.6. The summed E-state index contributed by atoms with van der Waals surface area (Å²) in [4.78, 5) is 36.8. The number of carbonyl (C=O) groups is 2. The van der Waals surface area contributed by atoms with Gasteiger partial charge >= 0.3 is 11.9 Å². The molecule has 0 radical (unpaired) electrons. The molecule has 0 amide bonds. The number of benzene rings is 3. The van der Waals surface area contributed by atoms with Crippen LogP contribution in [0.2, 0.25) is 0 Å². The maximum absolute atomic E-state index is 15.2. The van der Waals surface area contributed by atoms with Gasteiger partial charge in [0.25, 0.3) is 0 Å². The van der Waals surface area contributed by atoms with Crippen LogP contribution in [0.1, 0.15) is 75.8 Å². The van der Waals surface area contributed by atoms with Crippen molar-refractivity contribution in [3.8, 4) is 28.7 Å². The molecular formula is C43H48N4O9S. The largest absolute Gasteiger partial charge is 0.504 e. The fourth-order valence-corrected chi connectivity index (χ4v) is 13.1. The van der Waals surface area contributed by atoms with E-state index in [-0.39, 0.29) is 49.0 Å². The lowest BCUT2D eigenvalue weighted by molar-refractivity contribution is -0.160. The van der Waals surface area contributed by atoms with E-state index in [0.29, 0.717) is 54.6 Å². The highest BCUT2D eigenvalue weighted by molar-refractivity contribution is 7.99. The van der Waals surface area contributed by atoms with E-state index in [0.717, 1.165) is 50.0 Å². The maximum atomic E-state index is 15.2. The van der Waals surface area contributed by atoms with Crippen molar-refractivity contribution in [1.82, 2.24) is 20.1 Å². The van der Waals surface area contributed by atoms with Crippen LogP contribution in [0.4, 0.5) is 0 Å². The van der Waals surface area contributed by atoms with Crippen molar-refractivity contribution in [3.05, 3.63) is 75.0 Å². The molecule has 0 aliphatic carbocycles. The second-order valence-corrected chi connectivity index (χ2v) is 17.9. The third-order valence-corrected chi connectivity index (χ3v) is 14.7. The number of ether oxygens (including phenoxy) is 6. The number of piperazine rings is 1. The highest BCUT2D eigenvalue weighted by atomic mass is 32.2. The molecule has 8 aliphatic heterocycles. The lowest BCUT2D eigenvalue weighted by Crippen LogP contribution is -2.69. The molecule has 4 aromatic rings. The first kappa shape index (κ1) is 36.8. The number of fused-ring (bicyclic) bond motifs is 8. The Hall–Kier alpha value is -4.47. The number of aromatic hydroxyl groups is 1. The van der Waals surface area contributed by atoms with E-state index in [1.165, 1.54) is 6.92 Å². The zero-order chi connectivity index (χ0) is 39.7. The van der Waals surface area contributed by atoms with Crippen molar-refractivity contribution in [3.63, 3.8) is 0 Å². The Morgan fingerprint density at radius 2 is 1.88 bits per heavy atom. The molecule has 0 saturated carbocycles. The van der Waals surface area contributed by atoms with E-state index in [9.17, 15) is 9.90 Å². The van der Waals surface area contributed by atoms with Gasteiger partial charge in [0.1, 0.15) is 12.4 Å². The molecule has 14 heteroatoms. The molecule has 8 aliphatic rings. The summed E-state index contributed by atoms with van der Waals surface area (Å²) in [5, 5.41) is 16.6. The Labute approximate surface area is 335 Å². The van der Waals surface area contributed by atoms with E-state index in [1.807, 2.05) is 32.0 Å². The topological polar surface area (TPSA) is 144 Å². The third kappa shape index (κ3) is 5.09. The molecular weight excluding hydrogens is 749 g/mol. The minimum absolute atomic E-state index is 0.0112. The number of methoxy groups -OCH3 is 2. The summed E-state index contributed by atoms with van der Waals surface area (Å²) in [6, 6.07) is 8.95. The minimum atomic E-state index is -1.28. The number of aromatic amines is 1. The Kier molecular flexibility index (Phi) is 8.41. The summed E-state index contributed by atoms with van der Waals surface area (Å²) in [6.45, 7) is 8.61. The number of aromatic nitrogens is 1. The van der Waals surface area contributed by atoms with Crippen LogP contribution in [-0.4, -0.2) is 103 Å². The number of phenolic OH excluding ortho intramolecular Hbond substituents is 1. The molecule has 12 rings (SSSR count). The van der Waals surface area contributed by atoms with Crippen LogP contribution >= 0.6 is 11.8 Å². The number of nitrogens with one attached hydrogen (secondary N) is 2. The summed E-state index contributed by atoms with van der Waals surface area (Å²) in [6.07, 6.45) is 1.29. The van der Waals surface area contributed by atoms with Crippen LogP contribution in [0.3, 0.4) is 0 Å². The van der Waals surface area contributed by atoms with Crippen LogP contribution < -0.4 is 24.3 Å². The van der Waals surface area contributed by atoms with Crippen LogP contribution in [0.25, 0.3) is 10.9 Å². The quantitative estimate of drug-likeness (QED) is 0.183. The van der Waals surface area contributed by atoms with Gasteiger partial charge in [0.15, 0.2) is 28.5 Å². The predicted molar refractivity (Wildman–Crippen MR) is 212 cm³/mol. The summed E-state index contributed by atoms with van der Waals surface area (Å²) < 4.78 is 37.0. The van der Waals surface area contributed by atoms with Gasteiger partial charge in [0.05, 0.1) is 36.7 Å². The summed E-state index contributed by atoms with van der Waals surface area (Å²) in [5.74, 6) is 1.58. The molecule has 13 nitrogen and oxygen atoms in total. The van der Waals surface area contributed by atoms with Crippen LogP contribution in [0.15, 0.2) is 30.3 Å². The Balaban J connectivity index is 1.25. The zero-order valence-electron chi connectivity index (χ0n) is 33.2. The molecule has 3 aromatic carbocycles. The summed E-state index contributed by atoms with van der Waals surface area (Å²) in [7, 11) is 5.39. The number of phenols is 1. The maximum Gasteiger partial charge on any atom is 0.333 e. The average Bonchev–Trinajstić information content (AvgIpc) is 3.76. The van der Waals surface area contributed by atoms with E-state index in [1.54, 1.807) is 26.0 Å². The molecule has 2 fully saturated rings. The molecule has 9 heterocycles. The van der Waals surface area contributed by atoms with Crippen molar-refractivity contribution in [2.45, 2.75) is 81.0 Å². The van der Waals surface area contributed by atoms with Crippen molar-refractivity contribution in [2.75, 3.05) is 53.6 Å². The second-order valence-electron chi connectivity index (χ2n) is 16.8. The van der Waals surface area contributed by atoms with Crippen LogP contribution in [-0.2, 0) is 37.4 Å². The van der Waals surface area contributed by atoms with Gasteiger partial charge in [-0.1, -0.05) is 24.3 Å². The van der Waals surface area contributed by atoms with Gasteiger partial charge in [-0.15, -0.1) is 11.8 Å². The van der Waals surface area contributed by atoms with Gasteiger partial charge < -0.3 is 38.5 Å². The van der Waals surface area contributed by atoms with Gasteiger partial charge in [-0.3, -0.25) is 19.9 Å². The van der Waals surface area contributed by atoms with Gasteiger partial charge in [-0.05, 0) is 63.4 Å². The number of thioether (sulfide) groups is 1. The number of likely N-dealkylation sites (N-methyl/N-ethyl adjacent to an activating group) is 1. The number of para-hydroxylation sites is 1. The molecule has 3 N–H and O–H groups in total. The molecule has 57 heavy (non-hydrogen) atoms. The average molecular weight is 797 g/mol.